The van der Waals surface area contributed by atoms with Crippen molar-refractivity contribution in [3.63, 3.8) is 0 Å². The summed E-state index contributed by atoms with van der Waals surface area (Å²) in [6, 6.07) is 7.07. The molecule has 0 amide bonds. The number of benzene rings is 1. The molecule has 1 aromatic rings. The molecular formula is C13H18N2O2S2. The van der Waals surface area contributed by atoms with Gasteiger partial charge < -0.3 is 5.73 Å². The summed E-state index contributed by atoms with van der Waals surface area (Å²) in [5.74, 6) is 0.490. The fraction of sp³-hybridized carbons (Fsp3) is 0.462. The molecule has 1 unspecified atom stereocenters. The minimum Gasteiger partial charge on any atom is -0.389 e. The first-order chi connectivity index (χ1) is 8.88. The van der Waals surface area contributed by atoms with E-state index in [1.807, 2.05) is 0 Å². The zero-order chi connectivity index (χ0) is 14.0. The van der Waals surface area contributed by atoms with E-state index in [1.54, 1.807) is 28.6 Å². The molecule has 1 heterocycles. The molecule has 4 nitrogen and oxygen atoms in total. The monoisotopic (exact) mass is 298 g/mol. The SMILES string of the molecule is CC1CCN(S(=O)(=O)Cc2ccc(C(N)=S)cc2)C1. The standard InChI is InChI=1S/C13H18N2O2S2/c1-10-6-7-15(8-10)19(16,17)9-11-2-4-12(5-3-11)13(14)18/h2-5,10H,6-9H2,1H3,(H2,14,18). The number of thiocarbonyl (C=S) groups is 1. The molecule has 6 heteroatoms. The lowest BCUT2D eigenvalue weighted by Crippen LogP contribution is -2.29. The van der Waals surface area contributed by atoms with Gasteiger partial charge in [-0.25, -0.2) is 12.7 Å². The van der Waals surface area contributed by atoms with Gasteiger partial charge in [0.1, 0.15) is 4.99 Å². The number of hydrogen-bond donors (Lipinski definition) is 1. The van der Waals surface area contributed by atoms with Gasteiger partial charge in [-0.2, -0.15) is 0 Å². The summed E-state index contributed by atoms with van der Waals surface area (Å²) in [4.78, 5) is 0.322. The summed E-state index contributed by atoms with van der Waals surface area (Å²) in [7, 11) is -3.21. The molecule has 1 fully saturated rings. The maximum absolute atomic E-state index is 12.2. The topological polar surface area (TPSA) is 63.4 Å². The number of nitrogens with two attached hydrogens (primary N) is 1. The molecule has 1 aliphatic heterocycles. The van der Waals surface area contributed by atoms with E-state index in [0.717, 1.165) is 17.5 Å². The quantitative estimate of drug-likeness (QED) is 0.856. The van der Waals surface area contributed by atoms with Gasteiger partial charge in [0.25, 0.3) is 0 Å². The lowest BCUT2D eigenvalue weighted by Gasteiger charge is -2.16. The highest BCUT2D eigenvalue weighted by Crippen LogP contribution is 2.21. The van der Waals surface area contributed by atoms with Gasteiger partial charge in [-0.1, -0.05) is 43.4 Å². The second kappa shape index (κ2) is 5.56. The first kappa shape index (κ1) is 14.4. The summed E-state index contributed by atoms with van der Waals surface area (Å²) < 4.78 is 26.1. The van der Waals surface area contributed by atoms with Crippen LogP contribution in [0.3, 0.4) is 0 Å². The first-order valence-corrected chi connectivity index (χ1v) is 8.27. The van der Waals surface area contributed by atoms with E-state index >= 15 is 0 Å². The van der Waals surface area contributed by atoms with Crippen molar-refractivity contribution in [1.29, 1.82) is 0 Å². The molecule has 2 rings (SSSR count). The van der Waals surface area contributed by atoms with E-state index in [4.69, 9.17) is 18.0 Å². The maximum Gasteiger partial charge on any atom is 0.218 e. The Bertz CT molecular complexity index is 567. The van der Waals surface area contributed by atoms with Crippen molar-refractivity contribution in [3.8, 4) is 0 Å². The van der Waals surface area contributed by atoms with E-state index in [9.17, 15) is 8.42 Å². The zero-order valence-corrected chi connectivity index (χ0v) is 12.5. The Kier molecular flexibility index (Phi) is 4.23. The molecule has 0 aliphatic carbocycles. The van der Waals surface area contributed by atoms with Crippen molar-refractivity contribution in [2.45, 2.75) is 19.1 Å². The fourth-order valence-corrected chi connectivity index (χ4v) is 4.01. The summed E-state index contributed by atoms with van der Waals surface area (Å²) >= 11 is 4.87. The Balaban J connectivity index is 2.10. The molecule has 1 saturated heterocycles. The van der Waals surface area contributed by atoms with Crippen LogP contribution < -0.4 is 5.73 Å². The van der Waals surface area contributed by atoms with E-state index in [2.05, 4.69) is 6.92 Å². The smallest absolute Gasteiger partial charge is 0.218 e. The maximum atomic E-state index is 12.2. The Morgan fingerprint density at radius 3 is 2.53 bits per heavy atom. The largest absolute Gasteiger partial charge is 0.389 e. The number of rotatable bonds is 4. The molecule has 0 saturated carbocycles. The van der Waals surface area contributed by atoms with Crippen molar-refractivity contribution in [3.05, 3.63) is 35.4 Å². The van der Waals surface area contributed by atoms with E-state index in [0.29, 0.717) is 24.0 Å². The molecule has 0 bridgehead atoms. The Morgan fingerprint density at radius 2 is 2.05 bits per heavy atom. The molecule has 0 aromatic heterocycles. The molecule has 1 aliphatic rings. The summed E-state index contributed by atoms with van der Waals surface area (Å²) in [6.07, 6.45) is 0.944. The van der Waals surface area contributed by atoms with Gasteiger partial charge in [0.05, 0.1) is 5.75 Å². The van der Waals surface area contributed by atoms with Crippen LogP contribution in [0.4, 0.5) is 0 Å². The van der Waals surface area contributed by atoms with E-state index < -0.39 is 10.0 Å². The molecule has 19 heavy (non-hydrogen) atoms. The lowest BCUT2D eigenvalue weighted by atomic mass is 10.1. The molecule has 1 atom stereocenters. The molecule has 2 N–H and O–H groups in total. The first-order valence-electron chi connectivity index (χ1n) is 6.25. The van der Waals surface area contributed by atoms with Gasteiger partial charge in [-0.05, 0) is 17.9 Å². The third kappa shape index (κ3) is 3.52. The van der Waals surface area contributed by atoms with Crippen LogP contribution in [-0.2, 0) is 15.8 Å². The predicted octanol–water partition coefficient (Wildman–Crippen LogP) is 1.49. The third-order valence-corrected chi connectivity index (χ3v) is 5.42. The van der Waals surface area contributed by atoms with Crippen molar-refractivity contribution in [1.82, 2.24) is 4.31 Å². The Hall–Kier alpha value is -0.980. The van der Waals surface area contributed by atoms with Crippen LogP contribution in [0, 0.1) is 5.92 Å². The molecular weight excluding hydrogens is 280 g/mol. The van der Waals surface area contributed by atoms with Gasteiger partial charge in [-0.15, -0.1) is 0 Å². The van der Waals surface area contributed by atoms with Gasteiger partial charge >= 0.3 is 0 Å². The predicted molar refractivity (Wildman–Crippen MR) is 80.3 cm³/mol. The van der Waals surface area contributed by atoms with Gasteiger partial charge in [0, 0.05) is 18.7 Å². The second-order valence-electron chi connectivity index (χ2n) is 5.07. The fourth-order valence-electron chi connectivity index (χ4n) is 2.21. The highest BCUT2D eigenvalue weighted by molar-refractivity contribution is 7.88. The van der Waals surface area contributed by atoms with Crippen LogP contribution in [-0.4, -0.2) is 30.8 Å². The Morgan fingerprint density at radius 1 is 1.42 bits per heavy atom. The van der Waals surface area contributed by atoms with Crippen LogP contribution in [0.2, 0.25) is 0 Å². The highest BCUT2D eigenvalue weighted by atomic mass is 32.2. The minimum absolute atomic E-state index is 0.0390. The lowest BCUT2D eigenvalue weighted by molar-refractivity contribution is 0.463. The Labute approximate surface area is 119 Å². The highest BCUT2D eigenvalue weighted by Gasteiger charge is 2.29. The van der Waals surface area contributed by atoms with Gasteiger partial charge in [-0.3, -0.25) is 0 Å². The average molecular weight is 298 g/mol. The van der Waals surface area contributed by atoms with Crippen LogP contribution in [0.15, 0.2) is 24.3 Å². The summed E-state index contributed by atoms with van der Waals surface area (Å²) in [5, 5.41) is 0. The van der Waals surface area contributed by atoms with Crippen LogP contribution >= 0.6 is 12.2 Å². The molecule has 1 aromatic carbocycles. The van der Waals surface area contributed by atoms with Crippen LogP contribution in [0.25, 0.3) is 0 Å². The van der Waals surface area contributed by atoms with E-state index in [1.165, 1.54) is 0 Å². The van der Waals surface area contributed by atoms with E-state index in [-0.39, 0.29) is 5.75 Å². The number of hydrogen-bond acceptors (Lipinski definition) is 3. The normalized spacial score (nSPS) is 20.6. The molecule has 0 radical (unpaired) electrons. The minimum atomic E-state index is -3.21. The summed E-state index contributed by atoms with van der Waals surface area (Å²) in [6.45, 7) is 3.34. The zero-order valence-electron chi connectivity index (χ0n) is 10.9. The van der Waals surface area contributed by atoms with Crippen LogP contribution in [0.5, 0.6) is 0 Å². The second-order valence-corrected chi connectivity index (χ2v) is 7.48. The molecule has 104 valence electrons. The van der Waals surface area contributed by atoms with Crippen LogP contribution in [0.1, 0.15) is 24.5 Å². The summed E-state index contributed by atoms with van der Waals surface area (Å²) in [5.41, 5.74) is 7.03. The molecule has 0 spiro atoms. The van der Waals surface area contributed by atoms with Crippen molar-refractivity contribution < 1.29 is 8.42 Å². The third-order valence-electron chi connectivity index (χ3n) is 3.37. The number of nitrogens with zero attached hydrogens (tertiary/aromatic N) is 1. The van der Waals surface area contributed by atoms with Gasteiger partial charge in [0.2, 0.25) is 10.0 Å². The average Bonchev–Trinajstić information content (AvgIpc) is 2.77. The van der Waals surface area contributed by atoms with Crippen molar-refractivity contribution in [2.75, 3.05) is 13.1 Å². The van der Waals surface area contributed by atoms with Crippen molar-refractivity contribution >= 4 is 27.2 Å². The van der Waals surface area contributed by atoms with Crippen molar-refractivity contribution in [2.24, 2.45) is 11.7 Å². The van der Waals surface area contributed by atoms with Gasteiger partial charge in [0.15, 0.2) is 0 Å². The number of sulfonamides is 1.